The summed E-state index contributed by atoms with van der Waals surface area (Å²) < 4.78 is 1.82. The van der Waals surface area contributed by atoms with E-state index in [4.69, 9.17) is 5.11 Å². The van der Waals surface area contributed by atoms with Crippen molar-refractivity contribution in [2.45, 2.75) is 27.3 Å². The summed E-state index contributed by atoms with van der Waals surface area (Å²) in [5, 5.41) is 8.87. The summed E-state index contributed by atoms with van der Waals surface area (Å²) in [5.74, 6) is -0.977. The molecule has 1 amide bonds. The Hall–Kier alpha value is -1.78. The Labute approximate surface area is 107 Å². The van der Waals surface area contributed by atoms with E-state index in [0.717, 1.165) is 0 Å². The summed E-state index contributed by atoms with van der Waals surface area (Å²) in [4.78, 5) is 24.5. The Kier molecular flexibility index (Phi) is 4.95. The molecule has 0 saturated carbocycles. The molecule has 5 nitrogen and oxygen atoms in total. The first-order valence-electron chi connectivity index (χ1n) is 6.11. The summed E-state index contributed by atoms with van der Waals surface area (Å²) in [6, 6.07) is 3.52. The van der Waals surface area contributed by atoms with Crippen molar-refractivity contribution < 1.29 is 14.7 Å². The summed E-state index contributed by atoms with van der Waals surface area (Å²) in [6.45, 7) is 6.74. The molecule has 1 heterocycles. The highest BCUT2D eigenvalue weighted by atomic mass is 16.4. The van der Waals surface area contributed by atoms with Gasteiger partial charge in [0, 0.05) is 19.3 Å². The SMILES string of the molecule is CCn1cccc1C(=O)N(CC(=O)O)CC(C)C. The van der Waals surface area contributed by atoms with Gasteiger partial charge in [0.2, 0.25) is 0 Å². The molecule has 0 spiro atoms. The van der Waals surface area contributed by atoms with E-state index in [1.54, 1.807) is 12.1 Å². The number of aromatic nitrogens is 1. The van der Waals surface area contributed by atoms with Gasteiger partial charge in [-0.3, -0.25) is 9.59 Å². The number of carboxylic acids is 1. The second-order valence-corrected chi connectivity index (χ2v) is 4.65. The summed E-state index contributed by atoms with van der Waals surface area (Å²) in [7, 11) is 0. The first-order chi connectivity index (χ1) is 8.45. The van der Waals surface area contributed by atoms with Gasteiger partial charge < -0.3 is 14.6 Å². The van der Waals surface area contributed by atoms with E-state index in [2.05, 4.69) is 0 Å². The number of aryl methyl sites for hydroxylation is 1. The fourth-order valence-electron chi connectivity index (χ4n) is 1.87. The number of carboxylic acid groups (broad SMARTS) is 1. The zero-order valence-electron chi connectivity index (χ0n) is 11.1. The Morgan fingerprint density at radius 1 is 1.44 bits per heavy atom. The number of carbonyl (C=O) groups is 2. The van der Waals surface area contributed by atoms with Gasteiger partial charge in [-0.05, 0) is 25.0 Å². The number of rotatable bonds is 6. The third-order valence-corrected chi connectivity index (χ3v) is 2.59. The number of hydrogen-bond donors (Lipinski definition) is 1. The molecule has 0 aromatic carbocycles. The minimum Gasteiger partial charge on any atom is -0.480 e. The molecule has 1 N–H and O–H groups in total. The Balaban J connectivity index is 2.91. The van der Waals surface area contributed by atoms with Crippen molar-refractivity contribution >= 4 is 11.9 Å². The topological polar surface area (TPSA) is 62.5 Å². The van der Waals surface area contributed by atoms with E-state index in [-0.39, 0.29) is 18.4 Å². The Morgan fingerprint density at radius 2 is 2.11 bits per heavy atom. The summed E-state index contributed by atoms with van der Waals surface area (Å²) >= 11 is 0. The molecule has 1 rings (SSSR count). The molecule has 0 aliphatic carbocycles. The third-order valence-electron chi connectivity index (χ3n) is 2.59. The largest absolute Gasteiger partial charge is 0.480 e. The molecule has 0 atom stereocenters. The van der Waals surface area contributed by atoms with Gasteiger partial charge >= 0.3 is 5.97 Å². The normalized spacial score (nSPS) is 10.7. The van der Waals surface area contributed by atoms with Crippen LogP contribution in [0.15, 0.2) is 18.3 Å². The second kappa shape index (κ2) is 6.23. The lowest BCUT2D eigenvalue weighted by Gasteiger charge is -2.23. The molecule has 0 radical (unpaired) electrons. The average molecular weight is 252 g/mol. The molecule has 0 aliphatic rings. The standard InChI is InChI=1S/C13H20N2O3/c1-4-14-7-5-6-11(14)13(18)15(8-10(2)3)9-12(16)17/h5-7,10H,4,8-9H2,1-3H3,(H,16,17). The predicted molar refractivity (Wildman–Crippen MR) is 68.5 cm³/mol. The predicted octanol–water partition coefficient (Wildman–Crippen LogP) is 1.69. The second-order valence-electron chi connectivity index (χ2n) is 4.65. The van der Waals surface area contributed by atoms with Crippen molar-refractivity contribution in [3.63, 3.8) is 0 Å². The van der Waals surface area contributed by atoms with E-state index < -0.39 is 5.97 Å². The molecule has 0 saturated heterocycles. The molecule has 0 aliphatic heterocycles. The van der Waals surface area contributed by atoms with Crippen molar-refractivity contribution in [2.24, 2.45) is 5.92 Å². The van der Waals surface area contributed by atoms with Crippen LogP contribution in [0.2, 0.25) is 0 Å². The van der Waals surface area contributed by atoms with Crippen LogP contribution in [0.4, 0.5) is 0 Å². The van der Waals surface area contributed by atoms with Crippen LogP contribution in [0.1, 0.15) is 31.3 Å². The molecule has 5 heteroatoms. The number of amides is 1. The highest BCUT2D eigenvalue weighted by molar-refractivity contribution is 5.94. The molecule has 0 bridgehead atoms. The zero-order valence-corrected chi connectivity index (χ0v) is 11.1. The lowest BCUT2D eigenvalue weighted by atomic mass is 10.2. The Bertz CT molecular complexity index is 424. The fourth-order valence-corrected chi connectivity index (χ4v) is 1.87. The Morgan fingerprint density at radius 3 is 2.61 bits per heavy atom. The number of nitrogens with zero attached hydrogens (tertiary/aromatic N) is 2. The van der Waals surface area contributed by atoms with Crippen LogP contribution < -0.4 is 0 Å². The molecular formula is C13H20N2O3. The molecular weight excluding hydrogens is 232 g/mol. The van der Waals surface area contributed by atoms with Crippen molar-refractivity contribution in [3.8, 4) is 0 Å². The van der Waals surface area contributed by atoms with Gasteiger partial charge in [0.15, 0.2) is 0 Å². The first kappa shape index (κ1) is 14.3. The molecule has 1 aromatic heterocycles. The van der Waals surface area contributed by atoms with Gasteiger partial charge in [-0.15, -0.1) is 0 Å². The van der Waals surface area contributed by atoms with Gasteiger partial charge in [-0.2, -0.15) is 0 Å². The van der Waals surface area contributed by atoms with Crippen molar-refractivity contribution in [1.82, 2.24) is 9.47 Å². The first-order valence-corrected chi connectivity index (χ1v) is 6.11. The highest BCUT2D eigenvalue weighted by Crippen LogP contribution is 2.09. The maximum Gasteiger partial charge on any atom is 0.323 e. The van der Waals surface area contributed by atoms with Crippen molar-refractivity contribution in [1.29, 1.82) is 0 Å². The van der Waals surface area contributed by atoms with Crippen molar-refractivity contribution in [2.75, 3.05) is 13.1 Å². The average Bonchev–Trinajstić information content (AvgIpc) is 2.73. The maximum atomic E-state index is 12.3. The van der Waals surface area contributed by atoms with Crippen LogP contribution in [0.5, 0.6) is 0 Å². The van der Waals surface area contributed by atoms with E-state index in [1.165, 1.54) is 4.90 Å². The van der Waals surface area contributed by atoms with Gasteiger partial charge in [0.25, 0.3) is 5.91 Å². The quantitative estimate of drug-likeness (QED) is 0.838. The third kappa shape index (κ3) is 3.61. The van der Waals surface area contributed by atoms with Crippen LogP contribution in [0.3, 0.4) is 0 Å². The van der Waals surface area contributed by atoms with Crippen LogP contribution >= 0.6 is 0 Å². The molecule has 0 fully saturated rings. The van der Waals surface area contributed by atoms with Crippen molar-refractivity contribution in [3.05, 3.63) is 24.0 Å². The highest BCUT2D eigenvalue weighted by Gasteiger charge is 2.21. The summed E-state index contributed by atoms with van der Waals surface area (Å²) in [6.07, 6.45) is 1.82. The van der Waals surface area contributed by atoms with Gasteiger partial charge in [0.1, 0.15) is 12.2 Å². The smallest absolute Gasteiger partial charge is 0.323 e. The molecule has 100 valence electrons. The molecule has 0 unspecified atom stereocenters. The van der Waals surface area contributed by atoms with Crippen LogP contribution in [-0.2, 0) is 11.3 Å². The number of aliphatic carboxylic acids is 1. The molecule has 1 aromatic rings. The number of hydrogen-bond acceptors (Lipinski definition) is 2. The monoisotopic (exact) mass is 252 g/mol. The van der Waals surface area contributed by atoms with E-state index in [0.29, 0.717) is 18.8 Å². The van der Waals surface area contributed by atoms with Crippen LogP contribution in [-0.4, -0.2) is 39.5 Å². The van der Waals surface area contributed by atoms with Gasteiger partial charge in [-0.25, -0.2) is 0 Å². The number of carbonyl (C=O) groups excluding carboxylic acids is 1. The van der Waals surface area contributed by atoms with Gasteiger partial charge in [-0.1, -0.05) is 13.8 Å². The maximum absolute atomic E-state index is 12.3. The summed E-state index contributed by atoms with van der Waals surface area (Å²) in [5.41, 5.74) is 0.541. The van der Waals surface area contributed by atoms with E-state index in [1.807, 2.05) is 31.5 Å². The van der Waals surface area contributed by atoms with E-state index in [9.17, 15) is 9.59 Å². The minimum absolute atomic E-state index is 0.224. The van der Waals surface area contributed by atoms with E-state index >= 15 is 0 Å². The van der Waals surface area contributed by atoms with Crippen LogP contribution in [0.25, 0.3) is 0 Å². The van der Waals surface area contributed by atoms with Crippen LogP contribution in [0, 0.1) is 5.92 Å². The van der Waals surface area contributed by atoms with Gasteiger partial charge in [0.05, 0.1) is 0 Å². The lowest BCUT2D eigenvalue weighted by molar-refractivity contribution is -0.137. The zero-order chi connectivity index (χ0) is 13.7. The molecule has 18 heavy (non-hydrogen) atoms. The minimum atomic E-state index is -0.987. The lowest BCUT2D eigenvalue weighted by Crippen LogP contribution is -2.39. The fraction of sp³-hybridized carbons (Fsp3) is 0.538.